The number of rotatable bonds is 3. The van der Waals surface area contributed by atoms with Gasteiger partial charge in [0, 0.05) is 40.8 Å². The Morgan fingerprint density at radius 3 is 2.33 bits per heavy atom. The standard InChI is InChI=1S/C31H33NO8/c1-13-7-6-8-29(2,3)30(13)11-15-20-22(18(39-4)10-19(40-5)24(20)30)26(35)23-21(15)25(34)16-9-17(33)14(28(32)37)12-31(16,38)27(23)36/h7,10,16,33,35,38H,6,8-9,11-12H2,1-5H3,(H2,32,37)/t16-,30-,31+/m1/s1. The molecule has 6 rings (SSSR count). The van der Waals surface area contributed by atoms with Gasteiger partial charge in [-0.1, -0.05) is 25.5 Å². The van der Waals surface area contributed by atoms with Gasteiger partial charge in [-0.2, -0.15) is 0 Å². The second-order valence-corrected chi connectivity index (χ2v) is 12.2. The number of benzene rings is 2. The summed E-state index contributed by atoms with van der Waals surface area (Å²) in [6, 6.07) is 1.69. The molecule has 9 heteroatoms. The lowest BCUT2D eigenvalue weighted by Gasteiger charge is -2.49. The number of amides is 1. The SMILES string of the molecule is COc1cc(OC)c2c(O)c3c(c4c2c1[C@@]1(C4)C(C)=CCCC1(C)C)C(=O)[C@H]1CC(O)=C(C(N)=O)C[C@@]1(O)C3=O. The van der Waals surface area contributed by atoms with Crippen LogP contribution in [0.3, 0.4) is 0 Å². The van der Waals surface area contributed by atoms with Gasteiger partial charge in [0.1, 0.15) is 28.6 Å². The summed E-state index contributed by atoms with van der Waals surface area (Å²) in [5, 5.41) is 34.9. The number of aliphatic hydroxyl groups excluding tert-OH is 1. The number of Topliss-reactive ketones (excluding diaryl/α,β-unsaturated/α-hetero) is 2. The number of aromatic hydroxyl groups is 1. The highest BCUT2D eigenvalue weighted by atomic mass is 16.5. The molecule has 2 aromatic carbocycles. The summed E-state index contributed by atoms with van der Waals surface area (Å²) in [7, 11) is 3.01. The van der Waals surface area contributed by atoms with Crippen molar-refractivity contribution >= 4 is 28.2 Å². The predicted molar refractivity (Wildman–Crippen MR) is 146 cm³/mol. The molecule has 0 aliphatic heterocycles. The van der Waals surface area contributed by atoms with E-state index in [0.29, 0.717) is 23.1 Å². The zero-order valence-electron chi connectivity index (χ0n) is 23.2. The molecular formula is C31H33NO8. The highest BCUT2D eigenvalue weighted by Gasteiger charge is 2.61. The quantitative estimate of drug-likeness (QED) is 0.421. The van der Waals surface area contributed by atoms with E-state index in [0.717, 1.165) is 24.0 Å². The number of methoxy groups -OCH3 is 2. The minimum Gasteiger partial charge on any atom is -0.512 e. The Kier molecular flexibility index (Phi) is 5.34. The van der Waals surface area contributed by atoms with Crippen molar-refractivity contribution < 1.29 is 39.2 Å². The average molecular weight is 548 g/mol. The van der Waals surface area contributed by atoms with Crippen LogP contribution in [0.1, 0.15) is 78.3 Å². The smallest absolute Gasteiger partial charge is 0.248 e. The van der Waals surface area contributed by atoms with Crippen LogP contribution in [0, 0.1) is 11.3 Å². The van der Waals surface area contributed by atoms with Gasteiger partial charge in [-0.05, 0) is 37.2 Å². The molecule has 0 radical (unpaired) electrons. The third kappa shape index (κ3) is 2.88. The third-order valence-electron chi connectivity index (χ3n) is 10.2. The Hall–Kier alpha value is -3.85. The molecule has 0 fully saturated rings. The molecule has 3 atom stereocenters. The molecule has 2 aromatic rings. The lowest BCUT2D eigenvalue weighted by molar-refractivity contribution is -0.116. The fourth-order valence-corrected chi connectivity index (χ4v) is 8.09. The second-order valence-electron chi connectivity index (χ2n) is 12.2. The van der Waals surface area contributed by atoms with Crippen LogP contribution in [-0.2, 0) is 16.6 Å². The maximum Gasteiger partial charge on any atom is 0.248 e. The molecule has 4 aliphatic carbocycles. The number of allylic oxidation sites excluding steroid dienone is 3. The number of hydrogen-bond donors (Lipinski definition) is 4. The average Bonchev–Trinajstić information content (AvgIpc) is 3.26. The van der Waals surface area contributed by atoms with Crippen molar-refractivity contribution in [2.24, 2.45) is 17.1 Å². The van der Waals surface area contributed by atoms with Crippen molar-refractivity contribution in [3.8, 4) is 17.2 Å². The number of aliphatic hydroxyl groups is 2. The molecule has 1 spiro atoms. The fourth-order valence-electron chi connectivity index (χ4n) is 8.09. The Bertz CT molecular complexity index is 1650. The lowest BCUT2D eigenvalue weighted by atomic mass is 9.54. The Labute approximate surface area is 231 Å². The molecule has 0 saturated heterocycles. The molecule has 1 amide bonds. The number of carbonyl (C=O) groups excluding carboxylic acids is 3. The van der Waals surface area contributed by atoms with Crippen LogP contribution in [-0.4, -0.2) is 52.6 Å². The molecule has 5 N–H and O–H groups in total. The predicted octanol–water partition coefficient (Wildman–Crippen LogP) is 3.94. The number of hydrogen-bond acceptors (Lipinski definition) is 8. The molecule has 0 bridgehead atoms. The van der Waals surface area contributed by atoms with Crippen LogP contribution < -0.4 is 15.2 Å². The van der Waals surface area contributed by atoms with Crippen LogP contribution >= 0.6 is 0 Å². The zero-order chi connectivity index (χ0) is 29.1. The van der Waals surface area contributed by atoms with E-state index in [1.807, 2.05) is 0 Å². The van der Waals surface area contributed by atoms with Crippen molar-refractivity contribution in [3.05, 3.63) is 51.3 Å². The van der Waals surface area contributed by atoms with Crippen molar-refractivity contribution in [2.45, 2.75) is 63.9 Å². The molecule has 0 aromatic heterocycles. The van der Waals surface area contributed by atoms with Crippen molar-refractivity contribution in [1.29, 1.82) is 0 Å². The Morgan fingerprint density at radius 1 is 1.05 bits per heavy atom. The summed E-state index contributed by atoms with van der Waals surface area (Å²) >= 11 is 0. The maximum absolute atomic E-state index is 14.3. The molecule has 4 aliphatic rings. The van der Waals surface area contributed by atoms with E-state index in [4.69, 9.17) is 15.2 Å². The summed E-state index contributed by atoms with van der Waals surface area (Å²) in [6.45, 7) is 6.42. The van der Waals surface area contributed by atoms with Crippen molar-refractivity contribution in [3.63, 3.8) is 0 Å². The minimum atomic E-state index is -2.35. The molecule has 0 unspecified atom stereocenters. The van der Waals surface area contributed by atoms with Gasteiger partial charge in [-0.25, -0.2) is 0 Å². The summed E-state index contributed by atoms with van der Waals surface area (Å²) in [6.07, 6.45) is 3.29. The highest BCUT2D eigenvalue weighted by Crippen LogP contribution is 2.65. The zero-order valence-corrected chi connectivity index (χ0v) is 23.2. The van der Waals surface area contributed by atoms with Gasteiger partial charge < -0.3 is 30.5 Å². The second kappa shape index (κ2) is 8.10. The van der Waals surface area contributed by atoms with Crippen LogP contribution in [0.15, 0.2) is 29.0 Å². The molecule has 9 nitrogen and oxygen atoms in total. The minimum absolute atomic E-state index is 0.0441. The van der Waals surface area contributed by atoms with Crippen LogP contribution in [0.25, 0.3) is 10.8 Å². The van der Waals surface area contributed by atoms with Gasteiger partial charge in [0.05, 0.1) is 36.7 Å². The summed E-state index contributed by atoms with van der Waals surface area (Å²) in [5.41, 5.74) is 4.14. The molecule has 40 heavy (non-hydrogen) atoms. The Morgan fingerprint density at radius 2 is 1.73 bits per heavy atom. The number of carbonyl (C=O) groups is 3. The number of ether oxygens (including phenoxy) is 2. The lowest BCUT2D eigenvalue weighted by Crippen LogP contribution is -2.56. The van der Waals surface area contributed by atoms with Crippen LogP contribution in [0.4, 0.5) is 0 Å². The van der Waals surface area contributed by atoms with Crippen LogP contribution in [0.2, 0.25) is 0 Å². The monoisotopic (exact) mass is 547 g/mol. The van der Waals surface area contributed by atoms with E-state index in [1.54, 1.807) is 13.2 Å². The normalized spacial score (nSPS) is 28.4. The molecular weight excluding hydrogens is 514 g/mol. The number of nitrogens with two attached hydrogens (primary N) is 1. The maximum atomic E-state index is 14.3. The number of ketones is 2. The first-order chi connectivity index (χ1) is 18.8. The van der Waals surface area contributed by atoms with Crippen LogP contribution in [0.5, 0.6) is 17.2 Å². The molecule has 0 heterocycles. The van der Waals surface area contributed by atoms with Gasteiger partial charge in [-0.3, -0.25) is 14.4 Å². The number of phenolic OH excluding ortho intramolecular Hbond substituents is 1. The van der Waals surface area contributed by atoms with Gasteiger partial charge in [-0.15, -0.1) is 0 Å². The fraction of sp³-hybridized carbons (Fsp3) is 0.452. The number of fused-ring (bicyclic) bond motifs is 4. The van der Waals surface area contributed by atoms with Gasteiger partial charge >= 0.3 is 0 Å². The first-order valence-corrected chi connectivity index (χ1v) is 13.4. The molecule has 0 saturated carbocycles. The van der Waals surface area contributed by atoms with E-state index < -0.39 is 58.8 Å². The van der Waals surface area contributed by atoms with Gasteiger partial charge in [0.15, 0.2) is 11.6 Å². The largest absolute Gasteiger partial charge is 0.512 e. The van der Waals surface area contributed by atoms with E-state index in [2.05, 4.69) is 26.8 Å². The van der Waals surface area contributed by atoms with E-state index in [1.165, 1.54) is 7.11 Å². The van der Waals surface area contributed by atoms with E-state index in [9.17, 15) is 29.7 Å². The molecule has 210 valence electrons. The van der Waals surface area contributed by atoms with Gasteiger partial charge in [0.25, 0.3) is 0 Å². The third-order valence-corrected chi connectivity index (χ3v) is 10.2. The van der Waals surface area contributed by atoms with E-state index >= 15 is 0 Å². The highest BCUT2D eigenvalue weighted by molar-refractivity contribution is 6.26. The first-order valence-electron chi connectivity index (χ1n) is 13.4. The number of primary amides is 1. The van der Waals surface area contributed by atoms with Crippen molar-refractivity contribution in [2.75, 3.05) is 14.2 Å². The van der Waals surface area contributed by atoms with Gasteiger partial charge in [0.2, 0.25) is 5.91 Å². The summed E-state index contributed by atoms with van der Waals surface area (Å²) in [4.78, 5) is 40.4. The van der Waals surface area contributed by atoms with E-state index in [-0.39, 0.29) is 33.3 Å². The summed E-state index contributed by atoms with van der Waals surface area (Å²) < 4.78 is 11.6. The first kappa shape index (κ1) is 26.4. The number of phenols is 1. The topological polar surface area (TPSA) is 156 Å². The van der Waals surface area contributed by atoms with Crippen molar-refractivity contribution in [1.82, 2.24) is 0 Å². The summed E-state index contributed by atoms with van der Waals surface area (Å²) in [5.74, 6) is -3.85. The Balaban J connectivity index is 1.75.